The minimum Gasteiger partial charge on any atom is -0.283 e. The van der Waals surface area contributed by atoms with E-state index in [1.54, 1.807) is 16.8 Å². The average molecular weight is 448 g/mol. The molecule has 8 heteroatoms. The summed E-state index contributed by atoms with van der Waals surface area (Å²) in [7, 11) is 0. The molecule has 0 saturated carbocycles. The Morgan fingerprint density at radius 2 is 1.72 bits per heavy atom. The van der Waals surface area contributed by atoms with Gasteiger partial charge in [-0.15, -0.1) is 0 Å². The van der Waals surface area contributed by atoms with Crippen LogP contribution in [-0.4, -0.2) is 33.8 Å². The number of hydrogen-bond donors (Lipinski definition) is 1. The second kappa shape index (κ2) is 7.33. The first-order valence-electron chi connectivity index (χ1n) is 9.43. The van der Waals surface area contributed by atoms with E-state index in [4.69, 9.17) is 34.8 Å². The summed E-state index contributed by atoms with van der Waals surface area (Å²) in [4.78, 5) is 13.1. The highest BCUT2D eigenvalue weighted by atomic mass is 35.5. The fourth-order valence-corrected chi connectivity index (χ4v) is 4.74. The minimum atomic E-state index is -0.203. The molecule has 5 nitrogen and oxygen atoms in total. The van der Waals surface area contributed by atoms with E-state index in [0.717, 1.165) is 48.3 Å². The van der Waals surface area contributed by atoms with Crippen LogP contribution in [-0.2, 0) is 6.42 Å². The molecule has 29 heavy (non-hydrogen) atoms. The molecule has 2 heterocycles. The van der Waals surface area contributed by atoms with Crippen LogP contribution in [0.15, 0.2) is 36.4 Å². The zero-order chi connectivity index (χ0) is 20.1. The van der Waals surface area contributed by atoms with Crippen molar-refractivity contribution in [1.82, 2.24) is 20.2 Å². The predicted molar refractivity (Wildman–Crippen MR) is 115 cm³/mol. The molecule has 2 aliphatic rings. The molecule has 1 aliphatic heterocycles. The van der Waals surface area contributed by atoms with Gasteiger partial charge in [-0.25, -0.2) is 9.69 Å². The van der Waals surface area contributed by atoms with E-state index in [1.165, 1.54) is 0 Å². The number of amides is 1. The summed E-state index contributed by atoms with van der Waals surface area (Å²) in [6.45, 7) is 1.71. The van der Waals surface area contributed by atoms with E-state index in [9.17, 15) is 4.79 Å². The molecule has 1 amide bonds. The second-order valence-electron chi connectivity index (χ2n) is 7.30. The summed E-state index contributed by atoms with van der Waals surface area (Å²) in [5, 5.41) is 8.30. The van der Waals surface area contributed by atoms with E-state index in [0.29, 0.717) is 32.9 Å². The summed E-state index contributed by atoms with van der Waals surface area (Å²) >= 11 is 18.7. The monoisotopic (exact) mass is 446 g/mol. The van der Waals surface area contributed by atoms with Crippen LogP contribution in [0.5, 0.6) is 0 Å². The van der Waals surface area contributed by atoms with Crippen LogP contribution in [0.4, 0.5) is 0 Å². The van der Waals surface area contributed by atoms with Gasteiger partial charge in [-0.3, -0.25) is 10.2 Å². The molecule has 0 unspecified atom stereocenters. The van der Waals surface area contributed by atoms with Gasteiger partial charge < -0.3 is 0 Å². The van der Waals surface area contributed by atoms with Gasteiger partial charge in [0.05, 0.1) is 16.4 Å². The molecule has 0 radical (unpaired) electrons. The number of carbonyl (C=O) groups is 1. The summed E-state index contributed by atoms with van der Waals surface area (Å²) < 4.78 is 1.74. The van der Waals surface area contributed by atoms with Crippen molar-refractivity contribution in [1.29, 1.82) is 0 Å². The van der Waals surface area contributed by atoms with Gasteiger partial charge in [0.15, 0.2) is 5.69 Å². The quantitative estimate of drug-likeness (QED) is 0.473. The number of benzene rings is 2. The molecule has 5 rings (SSSR count). The fourth-order valence-electron chi connectivity index (χ4n) is 4.06. The van der Waals surface area contributed by atoms with Crippen molar-refractivity contribution < 1.29 is 4.79 Å². The Kier molecular flexibility index (Phi) is 4.79. The Hall–Kier alpha value is -2.05. The van der Waals surface area contributed by atoms with Gasteiger partial charge in [-0.2, -0.15) is 5.10 Å². The van der Waals surface area contributed by atoms with Crippen LogP contribution < -0.4 is 5.43 Å². The normalized spacial score (nSPS) is 15.4. The topological polar surface area (TPSA) is 50.2 Å². The molecule has 0 bridgehead atoms. The van der Waals surface area contributed by atoms with E-state index in [-0.39, 0.29) is 5.91 Å². The van der Waals surface area contributed by atoms with Gasteiger partial charge in [0, 0.05) is 40.7 Å². The maximum atomic E-state index is 13.1. The lowest BCUT2D eigenvalue weighted by Crippen LogP contribution is -2.40. The number of rotatable bonds is 3. The van der Waals surface area contributed by atoms with Crippen molar-refractivity contribution in [3.8, 4) is 16.9 Å². The number of halogens is 3. The maximum Gasteiger partial charge on any atom is 0.286 e. The molecular weight excluding hydrogens is 431 g/mol. The highest BCUT2D eigenvalue weighted by Crippen LogP contribution is 2.42. The van der Waals surface area contributed by atoms with Gasteiger partial charge in [0.25, 0.3) is 5.91 Å². The number of fused-ring (bicyclic) bond motifs is 3. The van der Waals surface area contributed by atoms with Crippen molar-refractivity contribution in [3.05, 3.63) is 68.3 Å². The van der Waals surface area contributed by atoms with E-state index < -0.39 is 0 Å². The lowest BCUT2D eigenvalue weighted by atomic mass is 10.1. The largest absolute Gasteiger partial charge is 0.286 e. The number of hydrogen-bond acceptors (Lipinski definition) is 3. The smallest absolute Gasteiger partial charge is 0.283 e. The number of carbonyl (C=O) groups excluding carboxylic acids is 1. The first kappa shape index (κ1) is 18.9. The van der Waals surface area contributed by atoms with Crippen molar-refractivity contribution in [2.24, 2.45) is 0 Å². The van der Waals surface area contributed by atoms with E-state index in [1.807, 2.05) is 29.3 Å². The van der Waals surface area contributed by atoms with Gasteiger partial charge in [-0.1, -0.05) is 40.9 Å². The Morgan fingerprint density at radius 3 is 2.48 bits per heavy atom. The third kappa shape index (κ3) is 3.32. The fraction of sp³-hybridized carbons (Fsp3) is 0.238. The third-order valence-electron chi connectivity index (χ3n) is 5.39. The van der Waals surface area contributed by atoms with Crippen LogP contribution in [0.2, 0.25) is 15.1 Å². The number of hydrazine groups is 1. The molecule has 1 aromatic heterocycles. The summed E-state index contributed by atoms with van der Waals surface area (Å²) in [6, 6.07) is 11.0. The lowest BCUT2D eigenvalue weighted by Gasteiger charge is -2.15. The lowest BCUT2D eigenvalue weighted by molar-refractivity contribution is 0.0819. The van der Waals surface area contributed by atoms with Crippen LogP contribution in [0.1, 0.15) is 34.5 Å². The molecule has 1 N–H and O–H groups in total. The first-order chi connectivity index (χ1) is 14.0. The Labute approximate surface area is 183 Å². The van der Waals surface area contributed by atoms with Crippen LogP contribution in [0, 0.1) is 0 Å². The predicted octanol–water partition coefficient (Wildman–Crippen LogP) is 5.14. The Morgan fingerprint density at radius 1 is 1.00 bits per heavy atom. The van der Waals surface area contributed by atoms with Crippen LogP contribution in [0.25, 0.3) is 16.9 Å². The first-order valence-corrected chi connectivity index (χ1v) is 10.6. The minimum absolute atomic E-state index is 0.203. The standard InChI is InChI=1S/C21H17Cl3N4O/c22-13-3-5-15-12(9-13)10-16-19(21(29)26-27-7-1-2-8-27)25-28(20(15)16)18-6-4-14(23)11-17(18)24/h3-6,9,11H,1-2,7-8,10H2,(H,26,29). The average Bonchev–Trinajstić information content (AvgIpc) is 3.37. The van der Waals surface area contributed by atoms with Gasteiger partial charge in [0.1, 0.15) is 0 Å². The van der Waals surface area contributed by atoms with Crippen molar-refractivity contribution in [2.45, 2.75) is 19.3 Å². The molecule has 1 aliphatic carbocycles. The summed E-state index contributed by atoms with van der Waals surface area (Å²) in [5.41, 5.74) is 7.89. The second-order valence-corrected chi connectivity index (χ2v) is 8.58. The van der Waals surface area contributed by atoms with Gasteiger partial charge in [-0.05, 0) is 48.7 Å². The molecule has 148 valence electrons. The van der Waals surface area contributed by atoms with E-state index in [2.05, 4.69) is 10.5 Å². The van der Waals surface area contributed by atoms with Crippen molar-refractivity contribution in [2.75, 3.05) is 13.1 Å². The zero-order valence-corrected chi connectivity index (χ0v) is 17.7. The van der Waals surface area contributed by atoms with Crippen LogP contribution >= 0.6 is 34.8 Å². The SMILES string of the molecule is O=C(NN1CCCC1)c1nn(-c2ccc(Cl)cc2Cl)c2c1Cc1cc(Cl)ccc1-2. The highest BCUT2D eigenvalue weighted by Gasteiger charge is 2.32. The molecular formula is C21H17Cl3N4O. The molecule has 2 aromatic carbocycles. The Bertz CT molecular complexity index is 1140. The summed E-state index contributed by atoms with van der Waals surface area (Å²) in [5.74, 6) is -0.203. The molecule has 1 fully saturated rings. The third-order valence-corrected chi connectivity index (χ3v) is 6.16. The molecule has 3 aromatic rings. The van der Waals surface area contributed by atoms with Gasteiger partial charge in [0.2, 0.25) is 0 Å². The summed E-state index contributed by atoms with van der Waals surface area (Å²) in [6.07, 6.45) is 2.76. The zero-order valence-electron chi connectivity index (χ0n) is 15.4. The number of nitrogens with zero attached hydrogens (tertiary/aromatic N) is 3. The van der Waals surface area contributed by atoms with Gasteiger partial charge >= 0.3 is 0 Å². The molecule has 1 saturated heterocycles. The van der Waals surface area contributed by atoms with Crippen LogP contribution in [0.3, 0.4) is 0 Å². The molecule has 0 atom stereocenters. The number of aromatic nitrogens is 2. The van der Waals surface area contributed by atoms with Crippen molar-refractivity contribution >= 4 is 40.7 Å². The van der Waals surface area contributed by atoms with E-state index >= 15 is 0 Å². The molecule has 0 spiro atoms. The Balaban J connectivity index is 1.65. The highest BCUT2D eigenvalue weighted by molar-refractivity contribution is 6.35. The van der Waals surface area contributed by atoms with Crippen molar-refractivity contribution in [3.63, 3.8) is 0 Å². The number of nitrogens with one attached hydrogen (secondary N) is 1. The maximum absolute atomic E-state index is 13.1.